The summed E-state index contributed by atoms with van der Waals surface area (Å²) >= 11 is 0. The number of hydrogen-bond acceptors (Lipinski definition) is 4. The van der Waals surface area contributed by atoms with Crippen molar-refractivity contribution in [2.45, 2.75) is 32.4 Å². The van der Waals surface area contributed by atoms with Gasteiger partial charge < -0.3 is 21.9 Å². The van der Waals surface area contributed by atoms with E-state index in [2.05, 4.69) is 5.32 Å². The predicted molar refractivity (Wildman–Crippen MR) is 75.7 cm³/mol. The van der Waals surface area contributed by atoms with E-state index in [-0.39, 0.29) is 11.7 Å². The first-order valence-electron chi connectivity index (χ1n) is 6.44. The van der Waals surface area contributed by atoms with E-state index in [0.717, 1.165) is 5.56 Å². The van der Waals surface area contributed by atoms with Crippen molar-refractivity contribution in [1.82, 2.24) is 5.32 Å². The number of carbonyl (C=O) groups excluding carboxylic acids is 2. The fourth-order valence-electron chi connectivity index (χ4n) is 1.81. The largest absolute Gasteiger partial charge is 0.508 e. The maximum Gasteiger partial charge on any atom is 0.240 e. The van der Waals surface area contributed by atoms with E-state index in [1.54, 1.807) is 26.0 Å². The molecule has 0 saturated heterocycles. The van der Waals surface area contributed by atoms with E-state index in [9.17, 15) is 14.7 Å². The highest BCUT2D eigenvalue weighted by Crippen LogP contribution is 2.11. The number of phenols is 1. The average Bonchev–Trinajstić information content (AvgIpc) is 2.37. The van der Waals surface area contributed by atoms with Crippen LogP contribution in [-0.4, -0.2) is 29.0 Å². The fourth-order valence-corrected chi connectivity index (χ4v) is 1.81. The number of hydrogen-bond donors (Lipinski definition) is 4. The minimum Gasteiger partial charge on any atom is -0.508 e. The Bertz CT molecular complexity index is 471. The van der Waals surface area contributed by atoms with Crippen LogP contribution in [0.3, 0.4) is 0 Å². The first-order valence-corrected chi connectivity index (χ1v) is 6.44. The normalized spacial score (nSPS) is 13.8. The third-order valence-corrected chi connectivity index (χ3v) is 3.00. The number of aromatic hydroxyl groups is 1. The van der Waals surface area contributed by atoms with Crippen molar-refractivity contribution in [2.24, 2.45) is 17.4 Å². The molecule has 0 aromatic heterocycles. The van der Waals surface area contributed by atoms with Gasteiger partial charge in [-0.05, 0) is 30.0 Å². The van der Waals surface area contributed by atoms with E-state index in [1.165, 1.54) is 12.1 Å². The number of phenolic OH excluding ortho intramolecular Hbond substituents is 1. The summed E-state index contributed by atoms with van der Waals surface area (Å²) in [6.45, 7) is 3.59. The van der Waals surface area contributed by atoms with Crippen LogP contribution in [0.25, 0.3) is 0 Å². The molecule has 0 bridgehead atoms. The topological polar surface area (TPSA) is 118 Å². The van der Waals surface area contributed by atoms with Crippen LogP contribution in [0.1, 0.15) is 19.4 Å². The van der Waals surface area contributed by atoms with Gasteiger partial charge in [0, 0.05) is 0 Å². The summed E-state index contributed by atoms with van der Waals surface area (Å²) in [6.07, 6.45) is 0.315. The van der Waals surface area contributed by atoms with Crippen LogP contribution in [-0.2, 0) is 16.0 Å². The highest BCUT2D eigenvalue weighted by molar-refractivity contribution is 5.89. The van der Waals surface area contributed by atoms with Crippen LogP contribution in [0, 0.1) is 5.92 Å². The zero-order valence-electron chi connectivity index (χ0n) is 11.7. The third-order valence-electron chi connectivity index (χ3n) is 3.00. The molecule has 0 aliphatic carbocycles. The second kappa shape index (κ2) is 6.91. The van der Waals surface area contributed by atoms with Gasteiger partial charge in [-0.2, -0.15) is 0 Å². The molecule has 1 aromatic carbocycles. The van der Waals surface area contributed by atoms with Crippen LogP contribution >= 0.6 is 0 Å². The van der Waals surface area contributed by atoms with Gasteiger partial charge in [-0.3, -0.25) is 9.59 Å². The molecule has 2 atom stereocenters. The molecule has 20 heavy (non-hydrogen) atoms. The molecule has 6 nitrogen and oxygen atoms in total. The Labute approximate surface area is 118 Å². The van der Waals surface area contributed by atoms with Gasteiger partial charge in [0.2, 0.25) is 11.8 Å². The number of nitrogens with one attached hydrogen (secondary N) is 1. The number of carbonyl (C=O) groups is 2. The smallest absolute Gasteiger partial charge is 0.240 e. The lowest BCUT2D eigenvalue weighted by Gasteiger charge is -2.21. The Kier molecular flexibility index (Phi) is 5.52. The molecule has 0 aliphatic rings. The predicted octanol–water partition coefficient (Wildman–Crippen LogP) is -0.112. The zero-order valence-corrected chi connectivity index (χ0v) is 11.7. The Hall–Kier alpha value is -2.08. The molecular formula is C14H21N3O3. The van der Waals surface area contributed by atoms with Gasteiger partial charge in [-0.25, -0.2) is 0 Å². The molecule has 0 fully saturated rings. The second-order valence-electron chi connectivity index (χ2n) is 5.11. The van der Waals surface area contributed by atoms with Crippen molar-refractivity contribution in [1.29, 1.82) is 0 Å². The molecule has 0 aliphatic heterocycles. The van der Waals surface area contributed by atoms with Crippen molar-refractivity contribution in [2.75, 3.05) is 0 Å². The summed E-state index contributed by atoms with van der Waals surface area (Å²) in [6, 6.07) is 4.93. The van der Waals surface area contributed by atoms with Gasteiger partial charge in [0.1, 0.15) is 11.8 Å². The lowest BCUT2D eigenvalue weighted by atomic mass is 10.0. The van der Waals surface area contributed by atoms with Crippen LogP contribution in [0.15, 0.2) is 24.3 Å². The molecule has 0 radical (unpaired) electrons. The van der Waals surface area contributed by atoms with Gasteiger partial charge >= 0.3 is 0 Å². The van der Waals surface area contributed by atoms with E-state index in [1.807, 2.05) is 0 Å². The second-order valence-corrected chi connectivity index (χ2v) is 5.11. The van der Waals surface area contributed by atoms with Gasteiger partial charge in [0.05, 0.1) is 6.04 Å². The Morgan fingerprint density at radius 3 is 2.25 bits per heavy atom. The van der Waals surface area contributed by atoms with Gasteiger partial charge in [-0.1, -0.05) is 26.0 Å². The lowest BCUT2D eigenvalue weighted by Crippen LogP contribution is -2.53. The van der Waals surface area contributed by atoms with Crippen molar-refractivity contribution in [3.8, 4) is 5.75 Å². The summed E-state index contributed by atoms with van der Waals surface area (Å²) < 4.78 is 0. The molecule has 0 saturated carbocycles. The van der Waals surface area contributed by atoms with E-state index in [4.69, 9.17) is 11.5 Å². The van der Waals surface area contributed by atoms with Gasteiger partial charge in [0.25, 0.3) is 0 Å². The van der Waals surface area contributed by atoms with Gasteiger partial charge in [-0.15, -0.1) is 0 Å². The van der Waals surface area contributed by atoms with Crippen LogP contribution in [0.2, 0.25) is 0 Å². The minimum atomic E-state index is -0.778. The first-order chi connectivity index (χ1) is 9.31. The van der Waals surface area contributed by atoms with Crippen molar-refractivity contribution >= 4 is 11.8 Å². The van der Waals surface area contributed by atoms with Crippen molar-refractivity contribution in [3.05, 3.63) is 29.8 Å². The summed E-state index contributed by atoms with van der Waals surface area (Å²) in [5.41, 5.74) is 11.9. The molecule has 1 aromatic rings. The Morgan fingerprint density at radius 1 is 1.25 bits per heavy atom. The summed E-state index contributed by atoms with van der Waals surface area (Å²) in [5, 5.41) is 11.7. The zero-order chi connectivity index (χ0) is 15.3. The Balaban J connectivity index is 2.62. The number of primary amides is 1. The lowest BCUT2D eigenvalue weighted by molar-refractivity contribution is -0.129. The molecule has 110 valence electrons. The standard InChI is InChI=1S/C14H21N3O3/c1-8(2)12(13(16)19)17-14(20)11(15)7-9-3-5-10(18)6-4-9/h3-6,8,11-12,18H,7,15H2,1-2H3,(H2,16,19)(H,17,20)/t11-,12+/m0/s1. The minimum absolute atomic E-state index is 0.0997. The highest BCUT2D eigenvalue weighted by Gasteiger charge is 2.24. The number of nitrogens with two attached hydrogens (primary N) is 2. The fraction of sp³-hybridized carbons (Fsp3) is 0.429. The number of amides is 2. The van der Waals surface area contributed by atoms with E-state index in [0.29, 0.717) is 6.42 Å². The third kappa shape index (κ3) is 4.55. The summed E-state index contributed by atoms with van der Waals surface area (Å²) in [7, 11) is 0. The maximum atomic E-state index is 11.9. The van der Waals surface area contributed by atoms with E-state index >= 15 is 0 Å². The highest BCUT2D eigenvalue weighted by atomic mass is 16.3. The number of benzene rings is 1. The van der Waals surface area contributed by atoms with Crippen LogP contribution in [0.4, 0.5) is 0 Å². The molecule has 2 amide bonds. The molecule has 0 spiro atoms. The molecule has 0 unspecified atom stereocenters. The molecule has 6 N–H and O–H groups in total. The van der Waals surface area contributed by atoms with Crippen LogP contribution in [0.5, 0.6) is 5.75 Å². The quantitative estimate of drug-likeness (QED) is 0.581. The molecular weight excluding hydrogens is 258 g/mol. The molecule has 1 rings (SSSR count). The molecule has 0 heterocycles. The van der Waals surface area contributed by atoms with E-state index < -0.39 is 23.9 Å². The summed E-state index contributed by atoms with van der Waals surface area (Å²) in [4.78, 5) is 23.2. The van der Waals surface area contributed by atoms with Crippen LogP contribution < -0.4 is 16.8 Å². The average molecular weight is 279 g/mol. The molecule has 6 heteroatoms. The maximum absolute atomic E-state index is 11.9. The Morgan fingerprint density at radius 2 is 1.80 bits per heavy atom. The summed E-state index contributed by atoms with van der Waals surface area (Å²) in [5.74, 6) is -0.946. The van der Waals surface area contributed by atoms with Crippen molar-refractivity contribution in [3.63, 3.8) is 0 Å². The monoisotopic (exact) mass is 279 g/mol. The SMILES string of the molecule is CC(C)[C@@H](NC(=O)[C@@H](N)Cc1ccc(O)cc1)C(N)=O. The van der Waals surface area contributed by atoms with Crippen molar-refractivity contribution < 1.29 is 14.7 Å². The van der Waals surface area contributed by atoms with Gasteiger partial charge in [0.15, 0.2) is 0 Å². The first kappa shape index (κ1) is 16.0. The number of rotatable bonds is 6.